The van der Waals surface area contributed by atoms with Crippen molar-refractivity contribution in [2.75, 3.05) is 79.6 Å². The van der Waals surface area contributed by atoms with Crippen LogP contribution in [0.1, 0.15) is 14.9 Å². The molecule has 0 amide bonds. The van der Waals surface area contributed by atoms with Gasteiger partial charge >= 0.3 is 0 Å². The van der Waals surface area contributed by atoms with Crippen molar-refractivity contribution in [3.05, 3.63) is 0 Å². The second-order valence-corrected chi connectivity index (χ2v) is 5.44. The second-order valence-electron chi connectivity index (χ2n) is 4.46. The van der Waals surface area contributed by atoms with Crippen molar-refractivity contribution in [3.63, 3.8) is 0 Å². The van der Waals surface area contributed by atoms with E-state index in [0.717, 1.165) is 12.4 Å². The molecule has 0 rings (SSSR count). The lowest BCUT2D eigenvalue weighted by molar-refractivity contribution is -0.0902. The van der Waals surface area contributed by atoms with E-state index in [1.165, 1.54) is 0 Å². The molecule has 0 spiro atoms. The van der Waals surface area contributed by atoms with Crippen molar-refractivity contribution in [1.29, 1.82) is 0 Å². The van der Waals surface area contributed by atoms with Crippen LogP contribution < -0.4 is 0 Å². The molecule has 5 nitrogen and oxygen atoms in total. The molecule has 0 radical (unpaired) electrons. The SMILES string of the molecule is C.C.COCC(COC)(COC)COCCOCCSC. The molecule has 0 saturated heterocycles. The number of methoxy groups -OCH3 is 3. The molecular formula is C15H36O5S. The van der Waals surface area contributed by atoms with E-state index in [4.69, 9.17) is 23.7 Å². The summed E-state index contributed by atoms with van der Waals surface area (Å²) < 4.78 is 26.8. The molecule has 0 aromatic heterocycles. The lowest BCUT2D eigenvalue weighted by Gasteiger charge is -2.31. The fourth-order valence-electron chi connectivity index (χ4n) is 1.82. The maximum absolute atomic E-state index is 5.67. The number of hydrogen-bond acceptors (Lipinski definition) is 6. The summed E-state index contributed by atoms with van der Waals surface area (Å²) in [7, 11) is 5.02. The average Bonchev–Trinajstić information content (AvgIpc) is 2.39. The van der Waals surface area contributed by atoms with Gasteiger partial charge in [-0.3, -0.25) is 0 Å². The van der Waals surface area contributed by atoms with Crippen molar-refractivity contribution in [3.8, 4) is 0 Å². The zero-order valence-electron chi connectivity index (χ0n) is 12.6. The first kappa shape index (κ1) is 26.1. The van der Waals surface area contributed by atoms with Gasteiger partial charge in [0.15, 0.2) is 0 Å². The molecule has 0 atom stereocenters. The molecule has 0 aromatic carbocycles. The normalized spacial score (nSPS) is 10.9. The Labute approximate surface area is 136 Å². The number of rotatable bonds is 14. The van der Waals surface area contributed by atoms with Crippen LogP contribution in [-0.4, -0.2) is 79.6 Å². The van der Waals surface area contributed by atoms with E-state index < -0.39 is 0 Å². The Morgan fingerprint density at radius 3 is 1.62 bits per heavy atom. The van der Waals surface area contributed by atoms with Crippen molar-refractivity contribution in [2.24, 2.45) is 5.41 Å². The van der Waals surface area contributed by atoms with E-state index in [-0.39, 0.29) is 20.3 Å². The molecular weight excluding hydrogens is 292 g/mol. The van der Waals surface area contributed by atoms with Crippen LogP contribution in [0, 0.1) is 5.41 Å². The van der Waals surface area contributed by atoms with Crippen LogP contribution in [-0.2, 0) is 23.7 Å². The van der Waals surface area contributed by atoms with Crippen LogP contribution in [0.4, 0.5) is 0 Å². The topological polar surface area (TPSA) is 46.2 Å². The van der Waals surface area contributed by atoms with Crippen molar-refractivity contribution in [1.82, 2.24) is 0 Å². The summed E-state index contributed by atoms with van der Waals surface area (Å²) in [6.07, 6.45) is 2.06. The third-order valence-electron chi connectivity index (χ3n) is 2.56. The summed E-state index contributed by atoms with van der Waals surface area (Å²) in [5.41, 5.74) is -0.252. The van der Waals surface area contributed by atoms with Crippen LogP contribution in [0.3, 0.4) is 0 Å². The molecule has 0 aromatic rings. The minimum atomic E-state index is -0.252. The highest BCUT2D eigenvalue weighted by atomic mass is 32.2. The molecule has 0 bridgehead atoms. The van der Waals surface area contributed by atoms with Crippen LogP contribution in [0.5, 0.6) is 0 Å². The number of hydrogen-bond donors (Lipinski definition) is 0. The summed E-state index contributed by atoms with van der Waals surface area (Å²) in [6.45, 7) is 4.13. The van der Waals surface area contributed by atoms with Crippen LogP contribution in [0.25, 0.3) is 0 Å². The van der Waals surface area contributed by atoms with Gasteiger partial charge in [-0.2, -0.15) is 11.8 Å². The zero-order valence-corrected chi connectivity index (χ0v) is 13.4. The van der Waals surface area contributed by atoms with Crippen molar-refractivity contribution in [2.45, 2.75) is 14.9 Å². The van der Waals surface area contributed by atoms with Gasteiger partial charge in [-0.1, -0.05) is 14.9 Å². The Hall–Kier alpha value is 0.150. The lowest BCUT2D eigenvalue weighted by Crippen LogP contribution is -2.41. The third kappa shape index (κ3) is 13.5. The average molecular weight is 329 g/mol. The van der Waals surface area contributed by atoms with E-state index in [2.05, 4.69) is 6.26 Å². The van der Waals surface area contributed by atoms with Gasteiger partial charge in [0.05, 0.1) is 51.7 Å². The molecule has 0 unspecified atom stereocenters. The van der Waals surface area contributed by atoms with Crippen LogP contribution >= 0.6 is 11.8 Å². The largest absolute Gasteiger partial charge is 0.384 e. The first-order chi connectivity index (χ1) is 9.24. The van der Waals surface area contributed by atoms with Gasteiger partial charge in [0, 0.05) is 27.1 Å². The Bertz CT molecular complexity index is 176. The van der Waals surface area contributed by atoms with Gasteiger partial charge in [-0.25, -0.2) is 0 Å². The Balaban J connectivity index is -0.00000162. The maximum Gasteiger partial charge on any atom is 0.0700 e. The highest BCUT2D eigenvalue weighted by Gasteiger charge is 2.31. The van der Waals surface area contributed by atoms with Gasteiger partial charge < -0.3 is 23.7 Å². The minimum Gasteiger partial charge on any atom is -0.384 e. The molecule has 0 saturated carbocycles. The van der Waals surface area contributed by atoms with E-state index in [1.54, 1.807) is 33.1 Å². The highest BCUT2D eigenvalue weighted by molar-refractivity contribution is 7.98. The molecule has 0 aliphatic carbocycles. The molecule has 21 heavy (non-hydrogen) atoms. The van der Waals surface area contributed by atoms with E-state index >= 15 is 0 Å². The Kier molecular flexibility index (Phi) is 22.6. The summed E-state index contributed by atoms with van der Waals surface area (Å²) in [5.74, 6) is 1.01. The monoisotopic (exact) mass is 328 g/mol. The second kappa shape index (κ2) is 18.2. The molecule has 0 N–H and O–H groups in total. The number of thioether (sulfide) groups is 1. The summed E-state index contributed by atoms with van der Waals surface area (Å²) in [6, 6.07) is 0. The number of ether oxygens (including phenoxy) is 5. The summed E-state index contributed by atoms with van der Waals surface area (Å²) in [5, 5.41) is 0. The first-order valence-corrected chi connectivity index (χ1v) is 7.75. The molecule has 6 heteroatoms. The van der Waals surface area contributed by atoms with Gasteiger partial charge in [0.1, 0.15) is 0 Å². The quantitative estimate of drug-likeness (QED) is 0.457. The fraction of sp³-hybridized carbons (Fsp3) is 1.00. The van der Waals surface area contributed by atoms with Gasteiger partial charge in [0.2, 0.25) is 0 Å². The van der Waals surface area contributed by atoms with Gasteiger partial charge in [0.25, 0.3) is 0 Å². The van der Waals surface area contributed by atoms with Gasteiger partial charge in [-0.05, 0) is 6.26 Å². The fourth-order valence-corrected chi connectivity index (χ4v) is 2.10. The van der Waals surface area contributed by atoms with Crippen molar-refractivity contribution >= 4 is 11.8 Å². The van der Waals surface area contributed by atoms with Crippen LogP contribution in [0.15, 0.2) is 0 Å². The predicted molar refractivity (Wildman–Crippen MR) is 91.5 cm³/mol. The van der Waals surface area contributed by atoms with Gasteiger partial charge in [-0.15, -0.1) is 0 Å². The molecule has 132 valence electrons. The summed E-state index contributed by atoms with van der Waals surface area (Å²) in [4.78, 5) is 0. The first-order valence-electron chi connectivity index (χ1n) is 6.36. The third-order valence-corrected chi connectivity index (χ3v) is 3.14. The van der Waals surface area contributed by atoms with E-state index in [9.17, 15) is 0 Å². The summed E-state index contributed by atoms with van der Waals surface area (Å²) >= 11 is 1.77. The molecule has 0 fully saturated rings. The van der Waals surface area contributed by atoms with E-state index in [1.807, 2.05) is 0 Å². The zero-order chi connectivity index (χ0) is 14.4. The standard InChI is InChI=1S/C13H28O5S.2CH4/c1-14-9-13(10-15-2,11-16-3)12-18-6-5-17-7-8-19-4;;/h5-12H2,1-4H3;2*1H4. The molecule has 0 heterocycles. The lowest BCUT2D eigenvalue weighted by atomic mass is 9.92. The highest BCUT2D eigenvalue weighted by Crippen LogP contribution is 2.19. The molecule has 0 aliphatic rings. The van der Waals surface area contributed by atoms with E-state index in [0.29, 0.717) is 39.6 Å². The smallest absolute Gasteiger partial charge is 0.0700 e. The molecule has 0 aliphatic heterocycles. The predicted octanol–water partition coefficient (Wildman–Crippen LogP) is 2.58. The minimum absolute atomic E-state index is 0. The maximum atomic E-state index is 5.67. The van der Waals surface area contributed by atoms with Crippen molar-refractivity contribution < 1.29 is 23.7 Å². The Morgan fingerprint density at radius 1 is 0.714 bits per heavy atom. The van der Waals surface area contributed by atoms with Crippen LogP contribution in [0.2, 0.25) is 0 Å². The Morgan fingerprint density at radius 2 is 1.19 bits per heavy atom.